The summed E-state index contributed by atoms with van der Waals surface area (Å²) in [6, 6.07) is 0.612. The first-order chi connectivity index (χ1) is 15.1. The summed E-state index contributed by atoms with van der Waals surface area (Å²) in [4.78, 5) is 3.63. The highest BCUT2D eigenvalue weighted by atomic mass is 15.1. The number of aromatic nitrogens is 2. The summed E-state index contributed by atoms with van der Waals surface area (Å²) in [5.41, 5.74) is 0. The second kappa shape index (κ2) is 18.8. The number of imidazole rings is 1. The molecule has 1 aromatic rings. The van der Waals surface area contributed by atoms with E-state index in [0.29, 0.717) is 17.9 Å². The fourth-order valence-corrected chi connectivity index (χ4v) is 5.04. The van der Waals surface area contributed by atoms with Gasteiger partial charge in [-0.05, 0) is 32.1 Å². The van der Waals surface area contributed by atoms with Crippen molar-refractivity contribution in [3.63, 3.8) is 0 Å². The Hall–Kier alpha value is -0.790. The van der Waals surface area contributed by atoms with Crippen LogP contribution in [-0.2, 0) is 0 Å². The van der Waals surface area contributed by atoms with Gasteiger partial charge in [-0.15, -0.1) is 0 Å². The predicted molar refractivity (Wildman–Crippen MR) is 138 cm³/mol. The van der Waals surface area contributed by atoms with Gasteiger partial charge in [0.1, 0.15) is 12.4 Å². The van der Waals surface area contributed by atoms with E-state index in [0.717, 1.165) is 0 Å². The van der Waals surface area contributed by atoms with Gasteiger partial charge < -0.3 is 0 Å². The van der Waals surface area contributed by atoms with Crippen LogP contribution in [0.25, 0.3) is 0 Å². The van der Waals surface area contributed by atoms with E-state index in [1.165, 1.54) is 121 Å². The molecule has 2 heteroatoms. The van der Waals surface area contributed by atoms with Gasteiger partial charge in [0.15, 0.2) is 0 Å². The molecule has 2 atom stereocenters. The maximum absolute atomic E-state index is 3.63. The van der Waals surface area contributed by atoms with Gasteiger partial charge in [0.05, 0.1) is 12.0 Å². The molecule has 1 N–H and O–H groups in total. The largest absolute Gasteiger partial charge is 0.257 e. The number of hydrogen-bond acceptors (Lipinski definition) is 0. The van der Waals surface area contributed by atoms with E-state index >= 15 is 0 Å². The van der Waals surface area contributed by atoms with E-state index in [4.69, 9.17) is 0 Å². The molecule has 1 heterocycles. The van der Waals surface area contributed by atoms with Crippen LogP contribution in [-0.4, -0.2) is 4.98 Å². The Morgan fingerprint density at radius 1 is 0.645 bits per heavy atom. The summed E-state index contributed by atoms with van der Waals surface area (Å²) < 4.78 is 2.56. The smallest absolute Gasteiger partial charge is 0.247 e. The molecular weight excluding hydrogens is 376 g/mol. The van der Waals surface area contributed by atoms with E-state index in [1.54, 1.807) is 0 Å². The highest BCUT2D eigenvalue weighted by molar-refractivity contribution is 4.92. The van der Waals surface area contributed by atoms with Gasteiger partial charge in [0.2, 0.25) is 0 Å². The monoisotopic (exact) mass is 433 g/mol. The molecule has 0 saturated carbocycles. The van der Waals surface area contributed by atoms with Gasteiger partial charge >= 0.3 is 0 Å². The highest BCUT2D eigenvalue weighted by Gasteiger charge is 2.27. The lowest BCUT2D eigenvalue weighted by Crippen LogP contribution is -2.41. The van der Waals surface area contributed by atoms with Crippen molar-refractivity contribution in [3.05, 3.63) is 18.2 Å². The first-order valence-electron chi connectivity index (χ1n) is 14.2. The van der Waals surface area contributed by atoms with Crippen molar-refractivity contribution in [3.8, 4) is 0 Å². The Balaban J connectivity index is 2.33. The van der Waals surface area contributed by atoms with Gasteiger partial charge in [-0.3, -0.25) is 0 Å². The molecule has 182 valence electrons. The summed E-state index contributed by atoms with van der Waals surface area (Å²) in [5.74, 6) is 2.84. The van der Waals surface area contributed by atoms with Crippen molar-refractivity contribution in [2.45, 2.75) is 162 Å². The minimum atomic E-state index is 0.612. The van der Waals surface area contributed by atoms with Crippen LogP contribution in [0.3, 0.4) is 0 Å². The number of H-pyrrole nitrogens is 1. The third kappa shape index (κ3) is 12.7. The average Bonchev–Trinajstić information content (AvgIpc) is 3.23. The number of nitrogens with zero attached hydrogens (tertiary/aromatic N) is 1. The summed E-state index contributed by atoms with van der Waals surface area (Å²) in [7, 11) is 0. The molecule has 0 amide bonds. The first kappa shape index (κ1) is 28.2. The standard InChI is InChI=1S/C29H56N2/c1-6-8-10-12-14-15-16-17-19-21-23-28(26(3)4)29-30-24-25-31(29)27(5)22-20-18-13-11-9-7-2/h24-28H,6-23H2,1-5H3/p+1. The van der Waals surface area contributed by atoms with Crippen molar-refractivity contribution < 1.29 is 4.57 Å². The maximum atomic E-state index is 3.63. The number of unbranched alkanes of at least 4 members (excludes halogenated alkanes) is 14. The molecule has 1 aromatic heterocycles. The van der Waals surface area contributed by atoms with E-state index in [-0.39, 0.29) is 0 Å². The normalized spacial score (nSPS) is 13.7. The molecular formula is C29H57N2+. The molecule has 0 radical (unpaired) electrons. The first-order valence-corrected chi connectivity index (χ1v) is 14.2. The predicted octanol–water partition coefficient (Wildman–Crippen LogP) is 9.66. The van der Waals surface area contributed by atoms with Crippen LogP contribution in [0.1, 0.15) is 168 Å². The fourth-order valence-electron chi connectivity index (χ4n) is 5.04. The number of aromatic amines is 1. The molecule has 2 unspecified atom stereocenters. The van der Waals surface area contributed by atoms with Gasteiger partial charge in [-0.1, -0.05) is 124 Å². The van der Waals surface area contributed by atoms with E-state index in [1.807, 2.05) is 0 Å². The van der Waals surface area contributed by atoms with Gasteiger partial charge in [0, 0.05) is 0 Å². The molecule has 0 fully saturated rings. The Morgan fingerprint density at radius 3 is 1.58 bits per heavy atom. The molecule has 0 bridgehead atoms. The minimum absolute atomic E-state index is 0.612. The summed E-state index contributed by atoms with van der Waals surface area (Å²) in [5, 5.41) is 0. The van der Waals surface area contributed by atoms with Crippen LogP contribution >= 0.6 is 0 Å². The van der Waals surface area contributed by atoms with Gasteiger partial charge in [-0.25, -0.2) is 9.55 Å². The topological polar surface area (TPSA) is 19.7 Å². The molecule has 0 aliphatic heterocycles. The Labute approximate surface area is 196 Å². The third-order valence-corrected chi connectivity index (χ3v) is 7.22. The zero-order valence-electron chi connectivity index (χ0n) is 22.1. The Morgan fingerprint density at radius 2 is 1.10 bits per heavy atom. The van der Waals surface area contributed by atoms with Gasteiger partial charge in [0.25, 0.3) is 5.82 Å². The highest BCUT2D eigenvalue weighted by Crippen LogP contribution is 2.28. The van der Waals surface area contributed by atoms with E-state index < -0.39 is 0 Å². The van der Waals surface area contributed by atoms with E-state index in [9.17, 15) is 0 Å². The summed E-state index contributed by atoms with van der Waals surface area (Å²) in [6.45, 7) is 11.8. The third-order valence-electron chi connectivity index (χ3n) is 7.22. The number of nitrogens with one attached hydrogen (secondary N) is 1. The molecule has 0 aliphatic rings. The zero-order chi connectivity index (χ0) is 22.7. The molecule has 1 rings (SSSR count). The van der Waals surface area contributed by atoms with Crippen LogP contribution in [0.15, 0.2) is 12.4 Å². The number of hydrogen-bond donors (Lipinski definition) is 1. The summed E-state index contributed by atoms with van der Waals surface area (Å²) >= 11 is 0. The van der Waals surface area contributed by atoms with Crippen molar-refractivity contribution in [2.24, 2.45) is 5.92 Å². The maximum Gasteiger partial charge on any atom is 0.257 e. The quantitative estimate of drug-likeness (QED) is 0.147. The average molecular weight is 434 g/mol. The Bertz CT molecular complexity index is 505. The van der Waals surface area contributed by atoms with Crippen molar-refractivity contribution >= 4 is 0 Å². The lowest BCUT2D eigenvalue weighted by atomic mass is 9.89. The SMILES string of the molecule is CCCCCCCCCCCCC(c1[nH]cc[n+]1C(C)CCCCCCCC)C(C)C. The van der Waals surface area contributed by atoms with Crippen LogP contribution < -0.4 is 4.57 Å². The minimum Gasteiger partial charge on any atom is -0.247 e. The lowest BCUT2D eigenvalue weighted by Gasteiger charge is -2.20. The van der Waals surface area contributed by atoms with Gasteiger partial charge in [-0.2, -0.15) is 0 Å². The van der Waals surface area contributed by atoms with Crippen LogP contribution in [0, 0.1) is 5.92 Å². The van der Waals surface area contributed by atoms with Crippen molar-refractivity contribution in [1.29, 1.82) is 0 Å². The fraction of sp³-hybridized carbons (Fsp3) is 0.897. The van der Waals surface area contributed by atoms with E-state index in [2.05, 4.69) is 56.6 Å². The van der Waals surface area contributed by atoms with Crippen LogP contribution in [0.4, 0.5) is 0 Å². The Kier molecular flexibility index (Phi) is 17.1. The molecule has 0 aliphatic carbocycles. The van der Waals surface area contributed by atoms with Crippen molar-refractivity contribution in [1.82, 2.24) is 4.98 Å². The van der Waals surface area contributed by atoms with Crippen molar-refractivity contribution in [2.75, 3.05) is 0 Å². The zero-order valence-corrected chi connectivity index (χ0v) is 22.1. The number of rotatable bonds is 21. The molecule has 0 spiro atoms. The molecule has 2 nitrogen and oxygen atoms in total. The second-order valence-corrected chi connectivity index (χ2v) is 10.5. The lowest BCUT2D eigenvalue weighted by molar-refractivity contribution is -0.727. The second-order valence-electron chi connectivity index (χ2n) is 10.5. The van der Waals surface area contributed by atoms with Crippen LogP contribution in [0.5, 0.6) is 0 Å². The summed E-state index contributed by atoms with van der Waals surface area (Å²) in [6.07, 6.45) is 29.7. The molecule has 31 heavy (non-hydrogen) atoms. The molecule has 0 saturated heterocycles. The molecule has 0 aromatic carbocycles. The van der Waals surface area contributed by atoms with Crippen LogP contribution in [0.2, 0.25) is 0 Å².